The molecule has 0 aliphatic rings. The molecule has 1 aromatic heterocycles. The second kappa shape index (κ2) is 4.93. The standard InChI is InChI=1S/C8H11ClN4O3/c1-4(2)3-10-8(14)6-5(9)7(12-11-6)13(15)16/h4H,3H2,1-2H3,(H,10,14)(H,11,12). The van der Waals surface area contributed by atoms with E-state index < -0.39 is 16.6 Å². The fourth-order valence-electron chi connectivity index (χ4n) is 0.971. The van der Waals surface area contributed by atoms with Gasteiger partial charge >= 0.3 is 5.82 Å². The summed E-state index contributed by atoms with van der Waals surface area (Å²) in [5, 5.41) is 18.3. The third kappa shape index (κ3) is 2.69. The Morgan fingerprint density at radius 2 is 2.31 bits per heavy atom. The molecular formula is C8H11ClN4O3. The molecule has 0 aliphatic heterocycles. The maximum Gasteiger partial charge on any atom is 0.362 e. The van der Waals surface area contributed by atoms with Crippen molar-refractivity contribution in [3.8, 4) is 0 Å². The Hall–Kier alpha value is -1.63. The molecule has 0 spiro atoms. The van der Waals surface area contributed by atoms with Gasteiger partial charge < -0.3 is 15.4 Å². The summed E-state index contributed by atoms with van der Waals surface area (Å²) < 4.78 is 0. The van der Waals surface area contributed by atoms with Crippen LogP contribution in [0.2, 0.25) is 5.02 Å². The van der Waals surface area contributed by atoms with E-state index in [1.54, 1.807) is 0 Å². The lowest BCUT2D eigenvalue weighted by molar-refractivity contribution is -0.389. The van der Waals surface area contributed by atoms with Crippen molar-refractivity contribution in [3.63, 3.8) is 0 Å². The average molecular weight is 247 g/mol. The maximum atomic E-state index is 11.5. The average Bonchev–Trinajstić information content (AvgIpc) is 2.56. The Morgan fingerprint density at radius 3 is 2.75 bits per heavy atom. The smallest absolute Gasteiger partial charge is 0.358 e. The molecule has 0 saturated carbocycles. The first-order valence-electron chi connectivity index (χ1n) is 4.60. The molecule has 0 bridgehead atoms. The molecule has 0 aliphatic carbocycles. The highest BCUT2D eigenvalue weighted by Crippen LogP contribution is 2.24. The van der Waals surface area contributed by atoms with E-state index in [2.05, 4.69) is 15.5 Å². The second-order valence-electron chi connectivity index (χ2n) is 3.60. The number of rotatable bonds is 4. The van der Waals surface area contributed by atoms with Crippen LogP contribution >= 0.6 is 11.6 Å². The van der Waals surface area contributed by atoms with Crippen LogP contribution in [0.4, 0.5) is 5.82 Å². The Kier molecular flexibility index (Phi) is 3.83. The van der Waals surface area contributed by atoms with Crippen LogP contribution in [0.5, 0.6) is 0 Å². The summed E-state index contributed by atoms with van der Waals surface area (Å²) >= 11 is 5.63. The molecule has 8 heteroatoms. The molecule has 88 valence electrons. The zero-order valence-electron chi connectivity index (χ0n) is 8.78. The van der Waals surface area contributed by atoms with E-state index >= 15 is 0 Å². The molecule has 16 heavy (non-hydrogen) atoms. The van der Waals surface area contributed by atoms with Crippen molar-refractivity contribution in [2.24, 2.45) is 5.92 Å². The minimum Gasteiger partial charge on any atom is -0.358 e. The van der Waals surface area contributed by atoms with Crippen LogP contribution in [0.1, 0.15) is 24.3 Å². The number of aromatic nitrogens is 2. The number of halogens is 1. The Balaban J connectivity index is 2.81. The van der Waals surface area contributed by atoms with Crippen LogP contribution < -0.4 is 5.32 Å². The van der Waals surface area contributed by atoms with Gasteiger partial charge in [0, 0.05) is 6.54 Å². The van der Waals surface area contributed by atoms with Gasteiger partial charge in [-0.25, -0.2) is 0 Å². The number of aromatic amines is 1. The van der Waals surface area contributed by atoms with Gasteiger partial charge in [0.1, 0.15) is 0 Å². The van der Waals surface area contributed by atoms with Crippen LogP contribution in [0.15, 0.2) is 0 Å². The molecule has 0 atom stereocenters. The first-order chi connectivity index (χ1) is 7.43. The number of nitrogens with one attached hydrogen (secondary N) is 2. The molecule has 2 N–H and O–H groups in total. The monoisotopic (exact) mass is 246 g/mol. The van der Waals surface area contributed by atoms with E-state index in [9.17, 15) is 14.9 Å². The Bertz CT molecular complexity index is 415. The van der Waals surface area contributed by atoms with Crippen LogP contribution in [0.25, 0.3) is 0 Å². The topological polar surface area (TPSA) is 101 Å². The number of carbonyl (C=O) groups excluding carboxylic acids is 1. The minimum atomic E-state index is -0.728. The highest BCUT2D eigenvalue weighted by Gasteiger charge is 2.24. The number of hydrogen-bond acceptors (Lipinski definition) is 4. The molecule has 1 amide bonds. The van der Waals surface area contributed by atoms with E-state index in [4.69, 9.17) is 11.6 Å². The molecule has 7 nitrogen and oxygen atoms in total. The van der Waals surface area contributed by atoms with E-state index in [1.165, 1.54) is 0 Å². The third-order valence-electron chi connectivity index (χ3n) is 1.76. The van der Waals surface area contributed by atoms with Crippen molar-refractivity contribution in [2.45, 2.75) is 13.8 Å². The minimum absolute atomic E-state index is 0.158. The van der Waals surface area contributed by atoms with Gasteiger partial charge in [-0.3, -0.25) is 4.79 Å². The van der Waals surface area contributed by atoms with Crippen molar-refractivity contribution in [3.05, 3.63) is 20.8 Å². The van der Waals surface area contributed by atoms with Gasteiger partial charge in [-0.15, -0.1) is 5.10 Å². The normalized spacial score (nSPS) is 10.5. The van der Waals surface area contributed by atoms with Crippen LogP contribution in [-0.2, 0) is 0 Å². The molecule has 0 saturated heterocycles. The number of amides is 1. The molecule has 1 rings (SSSR count). The third-order valence-corrected chi connectivity index (χ3v) is 2.12. The fraction of sp³-hybridized carbons (Fsp3) is 0.500. The van der Waals surface area contributed by atoms with Crippen LogP contribution in [-0.4, -0.2) is 27.6 Å². The Labute approximate surface area is 96.3 Å². The Morgan fingerprint density at radius 1 is 1.69 bits per heavy atom. The van der Waals surface area contributed by atoms with Gasteiger partial charge in [-0.2, -0.15) is 0 Å². The molecule has 1 aromatic rings. The van der Waals surface area contributed by atoms with Crippen molar-refractivity contribution in [2.75, 3.05) is 6.54 Å². The molecular weight excluding hydrogens is 236 g/mol. The summed E-state index contributed by atoms with van der Waals surface area (Å²) in [5.74, 6) is -0.726. The van der Waals surface area contributed by atoms with Gasteiger partial charge in [-0.1, -0.05) is 30.5 Å². The van der Waals surface area contributed by atoms with Crippen molar-refractivity contribution < 1.29 is 9.72 Å². The first-order valence-corrected chi connectivity index (χ1v) is 4.97. The second-order valence-corrected chi connectivity index (χ2v) is 3.97. The van der Waals surface area contributed by atoms with Crippen molar-refractivity contribution in [1.29, 1.82) is 0 Å². The quantitative estimate of drug-likeness (QED) is 0.619. The summed E-state index contributed by atoms with van der Waals surface area (Å²) in [6.45, 7) is 4.31. The van der Waals surface area contributed by atoms with Gasteiger partial charge in [0.05, 0.1) is 0 Å². The number of carbonyl (C=O) groups is 1. The van der Waals surface area contributed by atoms with Crippen LogP contribution in [0, 0.1) is 16.0 Å². The lowest BCUT2D eigenvalue weighted by Gasteiger charge is -2.04. The summed E-state index contributed by atoms with van der Waals surface area (Å²) in [4.78, 5) is 21.2. The van der Waals surface area contributed by atoms with E-state index in [1.807, 2.05) is 13.8 Å². The first kappa shape index (κ1) is 12.4. The zero-order valence-corrected chi connectivity index (χ0v) is 9.54. The highest BCUT2D eigenvalue weighted by molar-refractivity contribution is 6.35. The molecule has 0 fully saturated rings. The number of nitro groups is 1. The molecule has 0 unspecified atom stereocenters. The highest BCUT2D eigenvalue weighted by atomic mass is 35.5. The summed E-state index contributed by atoms with van der Waals surface area (Å²) in [7, 11) is 0. The molecule has 1 heterocycles. The van der Waals surface area contributed by atoms with E-state index in [0.717, 1.165) is 0 Å². The summed E-state index contributed by atoms with van der Waals surface area (Å²) in [6, 6.07) is 0. The maximum absolute atomic E-state index is 11.5. The van der Waals surface area contributed by atoms with Crippen molar-refractivity contribution in [1.82, 2.24) is 15.5 Å². The SMILES string of the molecule is CC(C)CNC(=O)c1n[nH]c([N+](=O)[O-])c1Cl. The number of hydrogen-bond donors (Lipinski definition) is 2. The lowest BCUT2D eigenvalue weighted by Crippen LogP contribution is -2.27. The van der Waals surface area contributed by atoms with Gasteiger partial charge in [0.25, 0.3) is 5.91 Å². The van der Waals surface area contributed by atoms with Crippen LogP contribution in [0.3, 0.4) is 0 Å². The lowest BCUT2D eigenvalue weighted by atomic mass is 10.2. The zero-order chi connectivity index (χ0) is 12.3. The van der Waals surface area contributed by atoms with Gasteiger partial charge in [-0.05, 0) is 10.8 Å². The van der Waals surface area contributed by atoms with E-state index in [-0.39, 0.29) is 16.6 Å². The van der Waals surface area contributed by atoms with Gasteiger partial charge in [0.2, 0.25) is 0 Å². The number of nitrogens with zero attached hydrogens (tertiary/aromatic N) is 2. The fourth-order valence-corrected chi connectivity index (χ4v) is 1.21. The predicted octanol–water partition coefficient (Wildman–Crippen LogP) is 1.36. The molecule has 0 radical (unpaired) electrons. The largest absolute Gasteiger partial charge is 0.362 e. The summed E-state index contributed by atoms with van der Waals surface area (Å²) in [5.41, 5.74) is -0.158. The predicted molar refractivity (Wildman–Crippen MR) is 57.4 cm³/mol. The van der Waals surface area contributed by atoms with Crippen molar-refractivity contribution >= 4 is 23.3 Å². The summed E-state index contributed by atoms with van der Waals surface area (Å²) in [6.07, 6.45) is 0. The molecule has 0 aromatic carbocycles. The van der Waals surface area contributed by atoms with E-state index in [0.29, 0.717) is 6.54 Å². The number of H-pyrrole nitrogens is 1. The van der Waals surface area contributed by atoms with Gasteiger partial charge in [0.15, 0.2) is 10.7 Å².